The van der Waals surface area contributed by atoms with Crippen molar-refractivity contribution in [3.05, 3.63) is 44.1 Å². The minimum Gasteiger partial charge on any atom is -0.396 e. The molecule has 0 radical (unpaired) electrons. The van der Waals surface area contributed by atoms with Gasteiger partial charge in [0.2, 0.25) is 0 Å². The first-order chi connectivity index (χ1) is 12.5. The van der Waals surface area contributed by atoms with E-state index in [4.69, 9.17) is 5.11 Å². The highest BCUT2D eigenvalue weighted by molar-refractivity contribution is 5.81. The molecule has 0 saturated heterocycles. The Kier molecular flexibility index (Phi) is 5.43. The number of aromatic amines is 1. The minimum atomic E-state index is -0.669. The Morgan fingerprint density at radius 3 is 2.65 bits per heavy atom. The van der Waals surface area contributed by atoms with E-state index in [1.165, 1.54) is 0 Å². The van der Waals surface area contributed by atoms with Crippen LogP contribution in [-0.2, 0) is 6.54 Å². The lowest BCUT2D eigenvalue weighted by molar-refractivity contribution is 0.283. The van der Waals surface area contributed by atoms with Crippen LogP contribution < -0.4 is 16.6 Å². The zero-order valence-electron chi connectivity index (χ0n) is 15.0. The molecule has 3 rings (SSSR count). The van der Waals surface area contributed by atoms with Crippen LogP contribution in [0.4, 0.5) is 0 Å². The van der Waals surface area contributed by atoms with Crippen molar-refractivity contribution in [3.8, 4) is 11.5 Å². The predicted molar refractivity (Wildman–Crippen MR) is 99.7 cm³/mol. The molecule has 26 heavy (non-hydrogen) atoms. The van der Waals surface area contributed by atoms with E-state index < -0.39 is 11.2 Å². The van der Waals surface area contributed by atoms with Gasteiger partial charge in [-0.2, -0.15) is 4.98 Å². The highest BCUT2D eigenvalue weighted by Gasteiger charge is 2.18. The van der Waals surface area contributed by atoms with Crippen LogP contribution in [0, 0.1) is 13.8 Å². The fourth-order valence-electron chi connectivity index (χ4n) is 2.95. The van der Waals surface area contributed by atoms with Gasteiger partial charge in [-0.05, 0) is 56.5 Å². The second-order valence-electron chi connectivity index (χ2n) is 6.41. The molecule has 8 nitrogen and oxygen atoms in total. The fourth-order valence-corrected chi connectivity index (χ4v) is 2.95. The number of benzene rings is 1. The summed E-state index contributed by atoms with van der Waals surface area (Å²) in [7, 11) is 0. The molecule has 0 amide bonds. The van der Waals surface area contributed by atoms with Crippen molar-refractivity contribution in [2.75, 3.05) is 19.7 Å². The molecule has 0 aromatic heterocycles. The number of aromatic nitrogens is 4. The number of nitrogens with zero attached hydrogens (tertiary/aromatic N) is 3. The molecular formula is C18H23N5O3. The van der Waals surface area contributed by atoms with Gasteiger partial charge >= 0.3 is 5.69 Å². The number of aryl methyl sites for hydroxylation is 2. The van der Waals surface area contributed by atoms with Gasteiger partial charge < -0.3 is 15.0 Å². The Morgan fingerprint density at radius 1 is 1.12 bits per heavy atom. The van der Waals surface area contributed by atoms with Gasteiger partial charge in [-0.15, -0.1) is 0 Å². The van der Waals surface area contributed by atoms with Crippen LogP contribution in [0.15, 0.2) is 21.7 Å². The number of fused-ring (bicyclic) bond motifs is 2. The van der Waals surface area contributed by atoms with Crippen LogP contribution in [0.3, 0.4) is 0 Å². The Labute approximate surface area is 150 Å². The molecule has 0 unspecified atom stereocenters. The fraction of sp³-hybridized carbons (Fsp3) is 0.444. The Bertz CT molecular complexity index is 1010. The Hall–Kier alpha value is -2.58. The molecule has 2 heterocycles. The Balaban J connectivity index is 2.05. The van der Waals surface area contributed by atoms with Gasteiger partial charge in [-0.25, -0.2) is 9.78 Å². The van der Waals surface area contributed by atoms with Crippen molar-refractivity contribution in [1.29, 1.82) is 0 Å². The topological polar surface area (TPSA) is 113 Å². The maximum atomic E-state index is 12.2. The first-order valence-electron chi connectivity index (χ1n) is 8.74. The quantitative estimate of drug-likeness (QED) is 0.421. The predicted octanol–water partition coefficient (Wildman–Crippen LogP) is 0.564. The number of rotatable bonds is 7. The molecule has 2 aliphatic rings. The zero-order valence-corrected chi connectivity index (χ0v) is 15.0. The van der Waals surface area contributed by atoms with Gasteiger partial charge in [-0.3, -0.25) is 9.78 Å². The van der Waals surface area contributed by atoms with E-state index in [0.717, 1.165) is 36.0 Å². The monoisotopic (exact) mass is 357 g/mol. The van der Waals surface area contributed by atoms with Crippen molar-refractivity contribution in [2.24, 2.45) is 0 Å². The van der Waals surface area contributed by atoms with Crippen LogP contribution in [0.2, 0.25) is 0 Å². The summed E-state index contributed by atoms with van der Waals surface area (Å²) in [5.41, 5.74) is 2.71. The number of hydrogen-bond donors (Lipinski definition) is 3. The molecule has 3 N–H and O–H groups in total. The molecule has 0 fully saturated rings. The van der Waals surface area contributed by atoms with Crippen molar-refractivity contribution in [2.45, 2.75) is 33.2 Å². The van der Waals surface area contributed by atoms with E-state index in [9.17, 15) is 9.59 Å². The molecule has 0 aliphatic carbocycles. The van der Waals surface area contributed by atoms with Gasteiger partial charge in [0, 0.05) is 19.7 Å². The maximum absolute atomic E-state index is 12.2. The number of H-pyrrole nitrogens is 1. The summed E-state index contributed by atoms with van der Waals surface area (Å²) in [6, 6.07) is 3.95. The second kappa shape index (κ2) is 7.76. The smallest absolute Gasteiger partial charge is 0.349 e. The van der Waals surface area contributed by atoms with E-state index in [2.05, 4.69) is 20.3 Å². The number of unbranched alkanes of at least 4 members (excludes halogenated alkanes) is 1. The maximum Gasteiger partial charge on any atom is 0.349 e. The summed E-state index contributed by atoms with van der Waals surface area (Å²) in [5.74, 6) is 0.298. The van der Waals surface area contributed by atoms with Gasteiger partial charge in [0.1, 0.15) is 0 Å². The average molecular weight is 357 g/mol. The number of aliphatic hydroxyl groups excluding tert-OH is 1. The Morgan fingerprint density at radius 2 is 1.88 bits per heavy atom. The SMILES string of the molecule is Cc1cc2nc3c(=O)[nH]c(=O)nc-3n(CCNCCCCO)c2cc1C. The van der Waals surface area contributed by atoms with Gasteiger partial charge in [0.05, 0.1) is 11.0 Å². The lowest BCUT2D eigenvalue weighted by Gasteiger charge is -2.18. The minimum absolute atomic E-state index is 0.167. The number of hydrogen-bond acceptors (Lipinski definition) is 6. The van der Waals surface area contributed by atoms with E-state index in [1.807, 2.05) is 30.5 Å². The first-order valence-corrected chi connectivity index (χ1v) is 8.74. The van der Waals surface area contributed by atoms with Gasteiger partial charge in [0.25, 0.3) is 5.56 Å². The standard InChI is InChI=1S/C18H23N5O3/c1-11-9-13-14(10-12(11)2)23(7-6-19-5-3-4-8-24)16-15(20-13)17(25)22-18(26)21-16/h9-10,19,24H,3-8H2,1-2H3,(H,22,25,26). The van der Waals surface area contributed by atoms with Crippen molar-refractivity contribution < 1.29 is 5.11 Å². The third kappa shape index (κ3) is 3.66. The third-order valence-electron chi connectivity index (χ3n) is 4.50. The van der Waals surface area contributed by atoms with Gasteiger partial charge in [-0.1, -0.05) is 0 Å². The van der Waals surface area contributed by atoms with Crippen molar-refractivity contribution in [3.63, 3.8) is 0 Å². The van der Waals surface area contributed by atoms with E-state index in [1.54, 1.807) is 0 Å². The number of nitrogens with one attached hydrogen (secondary N) is 2. The lowest BCUT2D eigenvalue weighted by Crippen LogP contribution is -2.30. The molecule has 0 atom stereocenters. The van der Waals surface area contributed by atoms with Crippen LogP contribution in [0.5, 0.6) is 0 Å². The van der Waals surface area contributed by atoms with Crippen LogP contribution >= 0.6 is 0 Å². The molecule has 8 heteroatoms. The highest BCUT2D eigenvalue weighted by Crippen LogP contribution is 2.23. The average Bonchev–Trinajstić information content (AvgIpc) is 2.59. The largest absolute Gasteiger partial charge is 0.396 e. The summed E-state index contributed by atoms with van der Waals surface area (Å²) >= 11 is 0. The summed E-state index contributed by atoms with van der Waals surface area (Å²) in [6.07, 6.45) is 1.65. The molecule has 1 aromatic rings. The molecular weight excluding hydrogens is 334 g/mol. The molecule has 0 bridgehead atoms. The highest BCUT2D eigenvalue weighted by atomic mass is 16.3. The summed E-state index contributed by atoms with van der Waals surface area (Å²) < 4.78 is 1.87. The summed E-state index contributed by atoms with van der Waals surface area (Å²) in [6.45, 7) is 6.19. The summed E-state index contributed by atoms with van der Waals surface area (Å²) in [4.78, 5) is 34.5. The molecule has 138 valence electrons. The number of aliphatic hydroxyl groups is 1. The molecule has 0 saturated carbocycles. The lowest BCUT2D eigenvalue weighted by atomic mass is 10.1. The zero-order chi connectivity index (χ0) is 18.7. The van der Waals surface area contributed by atoms with Gasteiger partial charge in [0.15, 0.2) is 11.5 Å². The third-order valence-corrected chi connectivity index (χ3v) is 4.50. The van der Waals surface area contributed by atoms with E-state index in [-0.39, 0.29) is 12.3 Å². The molecule has 1 aromatic carbocycles. The second-order valence-corrected chi connectivity index (χ2v) is 6.41. The van der Waals surface area contributed by atoms with Crippen LogP contribution in [-0.4, -0.2) is 44.3 Å². The van der Waals surface area contributed by atoms with E-state index in [0.29, 0.717) is 24.4 Å². The van der Waals surface area contributed by atoms with Crippen LogP contribution in [0.25, 0.3) is 22.6 Å². The normalized spacial score (nSPS) is 11.5. The van der Waals surface area contributed by atoms with Crippen molar-refractivity contribution >= 4 is 11.0 Å². The summed E-state index contributed by atoms with van der Waals surface area (Å²) in [5, 5.41) is 12.1. The van der Waals surface area contributed by atoms with Crippen molar-refractivity contribution in [1.82, 2.24) is 24.8 Å². The van der Waals surface area contributed by atoms with E-state index >= 15 is 0 Å². The van der Waals surface area contributed by atoms with Crippen LogP contribution in [0.1, 0.15) is 24.0 Å². The first kappa shape index (κ1) is 18.2. The molecule has 0 spiro atoms. The molecule has 2 aliphatic heterocycles.